The Labute approximate surface area is 130 Å². The summed E-state index contributed by atoms with van der Waals surface area (Å²) >= 11 is 0. The molecule has 0 radical (unpaired) electrons. The highest BCUT2D eigenvalue weighted by molar-refractivity contribution is 7.89. The van der Waals surface area contributed by atoms with E-state index < -0.39 is 10.0 Å². The molecule has 0 spiro atoms. The number of methoxy groups -OCH3 is 1. The largest absolute Gasteiger partial charge is 0.495 e. The van der Waals surface area contributed by atoms with Crippen LogP contribution in [0.4, 0.5) is 4.79 Å². The molecular weight excluding hydrogens is 308 g/mol. The number of cyclic esters (lactones) is 1. The van der Waals surface area contributed by atoms with Crippen molar-refractivity contribution in [3.05, 3.63) is 23.8 Å². The number of benzene rings is 1. The van der Waals surface area contributed by atoms with E-state index in [1.165, 1.54) is 7.11 Å². The molecule has 1 heterocycles. The summed E-state index contributed by atoms with van der Waals surface area (Å²) in [5.74, 6) is 0.307. The summed E-state index contributed by atoms with van der Waals surface area (Å²) in [5.41, 5.74) is 0.834. The molecule has 1 fully saturated rings. The zero-order valence-electron chi connectivity index (χ0n) is 12.7. The van der Waals surface area contributed by atoms with Gasteiger partial charge >= 0.3 is 6.09 Å². The van der Waals surface area contributed by atoms with Crippen LogP contribution in [0.2, 0.25) is 0 Å². The van der Waals surface area contributed by atoms with Crippen LogP contribution < -0.4 is 9.46 Å². The zero-order valence-corrected chi connectivity index (χ0v) is 13.5. The third-order valence-electron chi connectivity index (χ3n) is 3.35. The molecule has 1 aromatic rings. The standard InChI is InChI=1S/C14H20N2O5S/c1-11-4-5-12(20-2)13(10-11)22(18,19)15-6-3-7-16-8-9-21-14(16)17/h4-5,10,15H,3,6-9H2,1-2H3. The number of ether oxygens (including phenoxy) is 2. The van der Waals surface area contributed by atoms with Crippen molar-refractivity contribution in [2.75, 3.05) is 33.4 Å². The van der Waals surface area contributed by atoms with E-state index in [0.717, 1.165) is 5.56 Å². The van der Waals surface area contributed by atoms with Crippen molar-refractivity contribution < 1.29 is 22.7 Å². The molecule has 1 aromatic carbocycles. The quantitative estimate of drug-likeness (QED) is 0.758. The molecule has 0 aromatic heterocycles. The molecule has 0 saturated carbocycles. The molecule has 1 aliphatic rings. The van der Waals surface area contributed by atoms with Crippen LogP contribution in [0, 0.1) is 6.92 Å². The Bertz CT molecular complexity index is 645. The van der Waals surface area contributed by atoms with Gasteiger partial charge in [-0.2, -0.15) is 0 Å². The van der Waals surface area contributed by atoms with Crippen LogP contribution in [0.15, 0.2) is 23.1 Å². The predicted octanol–water partition coefficient (Wildman–Crippen LogP) is 1.12. The molecule has 2 rings (SSSR count). The summed E-state index contributed by atoms with van der Waals surface area (Å²) in [6.07, 6.45) is 0.172. The van der Waals surface area contributed by atoms with E-state index in [4.69, 9.17) is 9.47 Å². The van der Waals surface area contributed by atoms with Crippen LogP contribution in [0.1, 0.15) is 12.0 Å². The number of rotatable bonds is 7. The minimum Gasteiger partial charge on any atom is -0.495 e. The molecule has 7 nitrogen and oxygen atoms in total. The van der Waals surface area contributed by atoms with Crippen molar-refractivity contribution >= 4 is 16.1 Å². The Morgan fingerprint density at radius 3 is 2.82 bits per heavy atom. The zero-order chi connectivity index (χ0) is 16.2. The van der Waals surface area contributed by atoms with E-state index in [2.05, 4.69) is 4.72 Å². The Morgan fingerprint density at radius 1 is 1.41 bits per heavy atom. The second-order valence-electron chi connectivity index (χ2n) is 5.01. The molecule has 1 saturated heterocycles. The first-order chi connectivity index (χ1) is 10.4. The maximum Gasteiger partial charge on any atom is 0.409 e. The van der Waals surface area contributed by atoms with Gasteiger partial charge in [0.25, 0.3) is 0 Å². The number of hydrogen-bond donors (Lipinski definition) is 1. The van der Waals surface area contributed by atoms with Crippen LogP contribution in [0.3, 0.4) is 0 Å². The molecule has 0 atom stereocenters. The van der Waals surface area contributed by atoms with Crippen LogP contribution in [-0.4, -0.2) is 52.8 Å². The van der Waals surface area contributed by atoms with E-state index in [1.807, 2.05) is 6.92 Å². The Balaban J connectivity index is 1.94. The lowest BCUT2D eigenvalue weighted by Crippen LogP contribution is -2.30. The molecule has 22 heavy (non-hydrogen) atoms. The number of nitrogens with zero attached hydrogens (tertiary/aromatic N) is 1. The minimum atomic E-state index is -3.64. The van der Waals surface area contributed by atoms with Crippen molar-refractivity contribution in [1.29, 1.82) is 0 Å². The summed E-state index contributed by atoms with van der Waals surface area (Å²) < 4.78 is 37.1. The number of sulfonamides is 1. The third kappa shape index (κ3) is 3.89. The van der Waals surface area contributed by atoms with Crippen LogP contribution in [0.5, 0.6) is 5.75 Å². The fourth-order valence-electron chi connectivity index (χ4n) is 2.18. The molecule has 1 N–H and O–H groups in total. The highest BCUT2D eigenvalue weighted by Gasteiger charge is 2.22. The van der Waals surface area contributed by atoms with E-state index in [0.29, 0.717) is 31.9 Å². The van der Waals surface area contributed by atoms with Gasteiger partial charge in [-0.05, 0) is 31.0 Å². The predicted molar refractivity (Wildman–Crippen MR) is 80.5 cm³/mol. The Morgan fingerprint density at radius 2 is 2.18 bits per heavy atom. The van der Waals surface area contributed by atoms with Crippen LogP contribution in [-0.2, 0) is 14.8 Å². The minimum absolute atomic E-state index is 0.121. The molecule has 1 aliphatic heterocycles. The van der Waals surface area contributed by atoms with Gasteiger partial charge in [-0.3, -0.25) is 0 Å². The lowest BCUT2D eigenvalue weighted by molar-refractivity contribution is 0.158. The van der Waals surface area contributed by atoms with Gasteiger partial charge in [-0.15, -0.1) is 0 Å². The highest BCUT2D eigenvalue weighted by atomic mass is 32.2. The monoisotopic (exact) mass is 328 g/mol. The van der Waals surface area contributed by atoms with Gasteiger partial charge in [0.05, 0.1) is 13.7 Å². The Kier molecular flexibility index (Phi) is 5.25. The third-order valence-corrected chi connectivity index (χ3v) is 4.83. The van der Waals surface area contributed by atoms with Gasteiger partial charge in [0.15, 0.2) is 0 Å². The maximum atomic E-state index is 12.3. The topological polar surface area (TPSA) is 84.9 Å². The molecule has 0 unspecified atom stereocenters. The van der Waals surface area contributed by atoms with Gasteiger partial charge in [-0.25, -0.2) is 17.9 Å². The van der Waals surface area contributed by atoms with Gasteiger partial charge in [0, 0.05) is 13.1 Å². The second kappa shape index (κ2) is 6.97. The highest BCUT2D eigenvalue weighted by Crippen LogP contribution is 2.24. The van der Waals surface area contributed by atoms with Crippen molar-refractivity contribution in [2.45, 2.75) is 18.2 Å². The molecule has 1 amide bonds. The summed E-state index contributed by atoms with van der Waals surface area (Å²) in [5, 5.41) is 0. The van der Waals surface area contributed by atoms with E-state index >= 15 is 0 Å². The lowest BCUT2D eigenvalue weighted by Gasteiger charge is -2.14. The molecular formula is C14H20N2O5S. The number of carbonyl (C=O) groups excluding carboxylic acids is 1. The van der Waals surface area contributed by atoms with Crippen LogP contribution in [0.25, 0.3) is 0 Å². The first-order valence-corrected chi connectivity index (χ1v) is 8.48. The van der Waals surface area contributed by atoms with Gasteiger partial charge in [0.1, 0.15) is 17.3 Å². The normalized spacial score (nSPS) is 15.0. The smallest absolute Gasteiger partial charge is 0.409 e. The summed E-state index contributed by atoms with van der Waals surface area (Å²) in [4.78, 5) is 12.9. The second-order valence-corrected chi connectivity index (χ2v) is 6.74. The number of carbonyl (C=O) groups is 1. The lowest BCUT2D eigenvalue weighted by atomic mass is 10.2. The first-order valence-electron chi connectivity index (χ1n) is 7.00. The van der Waals surface area contributed by atoms with Gasteiger partial charge < -0.3 is 14.4 Å². The number of amides is 1. The SMILES string of the molecule is COc1ccc(C)cc1S(=O)(=O)NCCCN1CCOC1=O. The Hall–Kier alpha value is -1.80. The van der Waals surface area contributed by atoms with Crippen LogP contribution >= 0.6 is 0 Å². The molecule has 8 heteroatoms. The fourth-order valence-corrected chi connectivity index (χ4v) is 3.50. The van der Waals surface area contributed by atoms with Crippen molar-refractivity contribution in [2.24, 2.45) is 0 Å². The summed E-state index contributed by atoms with van der Waals surface area (Å²) in [6, 6.07) is 4.99. The number of hydrogen-bond acceptors (Lipinski definition) is 5. The van der Waals surface area contributed by atoms with Crippen molar-refractivity contribution in [1.82, 2.24) is 9.62 Å². The van der Waals surface area contributed by atoms with Gasteiger partial charge in [0.2, 0.25) is 10.0 Å². The first kappa shape index (κ1) is 16.6. The average Bonchev–Trinajstić information content (AvgIpc) is 2.89. The van der Waals surface area contributed by atoms with E-state index in [1.54, 1.807) is 23.1 Å². The van der Waals surface area contributed by atoms with E-state index in [9.17, 15) is 13.2 Å². The molecule has 0 bridgehead atoms. The van der Waals surface area contributed by atoms with Gasteiger partial charge in [-0.1, -0.05) is 6.07 Å². The number of nitrogens with one attached hydrogen (secondary N) is 1. The van der Waals surface area contributed by atoms with E-state index in [-0.39, 0.29) is 17.5 Å². The summed E-state index contributed by atoms with van der Waals surface area (Å²) in [6.45, 7) is 3.47. The van der Waals surface area contributed by atoms with Crippen molar-refractivity contribution in [3.63, 3.8) is 0 Å². The average molecular weight is 328 g/mol. The molecule has 0 aliphatic carbocycles. The maximum absolute atomic E-state index is 12.3. The fraction of sp³-hybridized carbons (Fsp3) is 0.500. The number of aryl methyl sites for hydroxylation is 1. The molecule has 122 valence electrons. The summed E-state index contributed by atoms with van der Waals surface area (Å²) in [7, 11) is -2.21. The van der Waals surface area contributed by atoms with Crippen molar-refractivity contribution in [3.8, 4) is 5.75 Å².